The Kier molecular flexibility index (Phi) is 5.54. The normalized spacial score (nSPS) is 11.2. The first kappa shape index (κ1) is 20.4. The van der Waals surface area contributed by atoms with E-state index in [1.54, 1.807) is 6.07 Å². The Balaban J connectivity index is 1.76. The van der Waals surface area contributed by atoms with Crippen molar-refractivity contribution in [2.45, 2.75) is 19.3 Å². The van der Waals surface area contributed by atoms with Crippen molar-refractivity contribution < 1.29 is 14.6 Å². The third-order valence-electron chi connectivity index (χ3n) is 5.34. The summed E-state index contributed by atoms with van der Waals surface area (Å²) in [5.74, 6) is 2.43. The van der Waals surface area contributed by atoms with Crippen LogP contribution in [0.3, 0.4) is 0 Å². The average Bonchev–Trinajstić information content (AvgIpc) is 2.78. The number of nitrogen functional groups attached to an aromatic ring is 1. The molecule has 0 atom stereocenters. The molecule has 0 fully saturated rings. The molecule has 3 N–H and O–H groups in total. The molecule has 4 heteroatoms. The molecule has 0 aliphatic heterocycles. The van der Waals surface area contributed by atoms with E-state index in [4.69, 9.17) is 15.2 Å². The van der Waals surface area contributed by atoms with Crippen LogP contribution >= 0.6 is 0 Å². The van der Waals surface area contributed by atoms with Gasteiger partial charge in [0.15, 0.2) is 17.2 Å². The fraction of sp³-hybridized carbons (Fsp3) is 0.111. The fourth-order valence-corrected chi connectivity index (χ4v) is 3.67. The molecule has 0 bridgehead atoms. The van der Waals surface area contributed by atoms with Crippen molar-refractivity contribution in [3.63, 3.8) is 0 Å². The van der Waals surface area contributed by atoms with Crippen LogP contribution in [0.1, 0.15) is 25.0 Å². The molecular formula is C27H25NO3. The van der Waals surface area contributed by atoms with Crippen LogP contribution in [0.2, 0.25) is 0 Å². The summed E-state index contributed by atoms with van der Waals surface area (Å²) < 4.78 is 12.1. The van der Waals surface area contributed by atoms with Gasteiger partial charge in [0.25, 0.3) is 0 Å². The maximum Gasteiger partial charge on any atom is 0.173 e. The van der Waals surface area contributed by atoms with Crippen LogP contribution in [-0.4, -0.2) is 5.11 Å². The second-order valence-electron chi connectivity index (χ2n) is 7.83. The summed E-state index contributed by atoms with van der Waals surface area (Å²) in [7, 11) is 0. The Bertz CT molecular complexity index is 1170. The zero-order valence-corrected chi connectivity index (χ0v) is 17.6. The Morgan fingerprint density at radius 2 is 1.19 bits per heavy atom. The second-order valence-corrected chi connectivity index (χ2v) is 7.83. The van der Waals surface area contributed by atoms with E-state index in [9.17, 15) is 5.11 Å². The number of aromatic hydroxyl groups is 1. The highest BCUT2D eigenvalue weighted by Crippen LogP contribution is 2.46. The zero-order valence-electron chi connectivity index (χ0n) is 17.6. The number of anilines is 1. The number of benzene rings is 4. The van der Waals surface area contributed by atoms with E-state index in [1.165, 1.54) is 0 Å². The molecule has 0 aromatic heterocycles. The monoisotopic (exact) mass is 411 g/mol. The molecule has 0 heterocycles. The van der Waals surface area contributed by atoms with Crippen molar-refractivity contribution in [3.05, 3.63) is 108 Å². The quantitative estimate of drug-likeness (QED) is 0.339. The van der Waals surface area contributed by atoms with Crippen LogP contribution in [0, 0.1) is 0 Å². The van der Waals surface area contributed by atoms with Crippen LogP contribution in [0.4, 0.5) is 5.69 Å². The number of phenolic OH excluding ortho intramolecular Hbond substituents is 1. The van der Waals surface area contributed by atoms with E-state index >= 15 is 0 Å². The van der Waals surface area contributed by atoms with E-state index in [0.717, 1.165) is 16.9 Å². The molecule has 4 rings (SSSR count). The minimum atomic E-state index is -0.566. The van der Waals surface area contributed by atoms with Crippen molar-refractivity contribution in [2.24, 2.45) is 0 Å². The number of nitrogens with two attached hydrogens (primary N) is 1. The molecule has 156 valence electrons. The fourth-order valence-electron chi connectivity index (χ4n) is 3.67. The molecule has 4 aromatic rings. The topological polar surface area (TPSA) is 64.7 Å². The molecule has 4 nitrogen and oxygen atoms in total. The van der Waals surface area contributed by atoms with Crippen LogP contribution < -0.4 is 15.2 Å². The number of phenols is 1. The molecule has 0 spiro atoms. The maximum absolute atomic E-state index is 10.6. The first-order valence-electron chi connectivity index (χ1n) is 10.1. The highest BCUT2D eigenvalue weighted by molar-refractivity contribution is 5.66. The summed E-state index contributed by atoms with van der Waals surface area (Å²) in [6.45, 7) is 4.11. The van der Waals surface area contributed by atoms with Crippen molar-refractivity contribution in [1.29, 1.82) is 0 Å². The third-order valence-corrected chi connectivity index (χ3v) is 5.34. The molecule has 0 saturated carbocycles. The number of hydrogen-bond donors (Lipinski definition) is 2. The predicted molar refractivity (Wildman–Crippen MR) is 124 cm³/mol. The lowest BCUT2D eigenvalue weighted by atomic mass is 9.76. The van der Waals surface area contributed by atoms with Gasteiger partial charge in [-0.25, -0.2) is 0 Å². The zero-order chi connectivity index (χ0) is 21.8. The molecule has 0 amide bonds. The Hall–Kier alpha value is -3.92. The number of hydrogen-bond acceptors (Lipinski definition) is 4. The summed E-state index contributed by atoms with van der Waals surface area (Å²) in [4.78, 5) is 0. The first-order chi connectivity index (χ1) is 15.0. The minimum absolute atomic E-state index is 0.0738. The lowest BCUT2D eigenvalue weighted by molar-refractivity contribution is 0.400. The van der Waals surface area contributed by atoms with Gasteiger partial charge in [-0.1, -0.05) is 74.5 Å². The van der Waals surface area contributed by atoms with E-state index in [-0.39, 0.29) is 5.75 Å². The molecule has 0 aliphatic rings. The van der Waals surface area contributed by atoms with E-state index in [2.05, 4.69) is 13.8 Å². The van der Waals surface area contributed by atoms with Crippen LogP contribution in [0.15, 0.2) is 97.1 Å². The maximum atomic E-state index is 10.6. The Morgan fingerprint density at radius 1 is 0.645 bits per heavy atom. The van der Waals surface area contributed by atoms with Crippen molar-refractivity contribution in [3.8, 4) is 28.7 Å². The highest BCUT2D eigenvalue weighted by Gasteiger charge is 2.31. The molecular weight excluding hydrogens is 386 g/mol. The van der Waals surface area contributed by atoms with Gasteiger partial charge in [-0.3, -0.25) is 0 Å². The summed E-state index contributed by atoms with van der Waals surface area (Å²) >= 11 is 0. The molecule has 0 radical (unpaired) electrons. The summed E-state index contributed by atoms with van der Waals surface area (Å²) in [6, 6.07) is 30.1. The average molecular weight is 412 g/mol. The van der Waals surface area contributed by atoms with Crippen LogP contribution in [0.5, 0.6) is 28.7 Å². The SMILES string of the molecule is CC(C)(c1cccc(Oc2ccccc2)c1N)c1cccc(O)c1Oc1ccccc1. The summed E-state index contributed by atoms with van der Waals surface area (Å²) in [6.07, 6.45) is 0. The molecule has 4 aromatic carbocycles. The molecule has 0 unspecified atom stereocenters. The van der Waals surface area contributed by atoms with Gasteiger partial charge in [-0.05, 0) is 42.0 Å². The van der Waals surface area contributed by atoms with Gasteiger partial charge in [0, 0.05) is 11.0 Å². The van der Waals surface area contributed by atoms with Crippen LogP contribution in [-0.2, 0) is 5.41 Å². The lowest BCUT2D eigenvalue weighted by Gasteiger charge is -2.30. The van der Waals surface area contributed by atoms with Crippen LogP contribution in [0.25, 0.3) is 0 Å². The number of ether oxygens (including phenoxy) is 2. The van der Waals surface area contributed by atoms with E-state index in [1.807, 2.05) is 91.0 Å². The van der Waals surface area contributed by atoms with Gasteiger partial charge >= 0.3 is 0 Å². The Morgan fingerprint density at radius 3 is 1.84 bits per heavy atom. The Labute approximate surface area is 182 Å². The predicted octanol–water partition coefficient (Wildman–Crippen LogP) is 6.88. The van der Waals surface area contributed by atoms with Gasteiger partial charge in [-0.15, -0.1) is 0 Å². The summed E-state index contributed by atoms with van der Waals surface area (Å²) in [5, 5.41) is 10.6. The van der Waals surface area contributed by atoms with Crippen molar-refractivity contribution in [2.75, 3.05) is 5.73 Å². The minimum Gasteiger partial charge on any atom is -0.504 e. The molecule has 0 saturated heterocycles. The summed E-state index contributed by atoms with van der Waals surface area (Å²) in [5.41, 5.74) is 8.25. The van der Waals surface area contributed by atoms with Gasteiger partial charge < -0.3 is 20.3 Å². The van der Waals surface area contributed by atoms with Gasteiger partial charge in [-0.2, -0.15) is 0 Å². The highest BCUT2D eigenvalue weighted by atomic mass is 16.5. The van der Waals surface area contributed by atoms with Crippen molar-refractivity contribution in [1.82, 2.24) is 0 Å². The van der Waals surface area contributed by atoms with Gasteiger partial charge in [0.05, 0.1) is 5.69 Å². The third kappa shape index (κ3) is 4.19. The van der Waals surface area contributed by atoms with Gasteiger partial charge in [0.1, 0.15) is 11.5 Å². The molecule has 0 aliphatic carbocycles. The molecule has 31 heavy (non-hydrogen) atoms. The van der Waals surface area contributed by atoms with Crippen molar-refractivity contribution >= 4 is 5.69 Å². The lowest BCUT2D eigenvalue weighted by Crippen LogP contribution is -2.21. The van der Waals surface area contributed by atoms with Gasteiger partial charge in [0.2, 0.25) is 0 Å². The second kappa shape index (κ2) is 8.44. The standard InChI is InChI=1S/C27H25NO3/c1-27(2,21-15-10-18-24(25(21)28)30-19-11-5-3-6-12-19)22-16-9-17-23(29)26(22)31-20-13-7-4-8-14-20/h3-18,29H,28H2,1-2H3. The largest absolute Gasteiger partial charge is 0.504 e. The number of para-hydroxylation sites is 4. The van der Waals surface area contributed by atoms with E-state index < -0.39 is 5.41 Å². The first-order valence-corrected chi connectivity index (χ1v) is 10.1. The number of rotatable bonds is 6. The van der Waals surface area contributed by atoms with E-state index in [0.29, 0.717) is 22.9 Å². The smallest absolute Gasteiger partial charge is 0.173 e.